The molecule has 1 atom stereocenters. The monoisotopic (exact) mass is 323 g/mol. The summed E-state index contributed by atoms with van der Waals surface area (Å²) < 4.78 is 0. The lowest BCUT2D eigenvalue weighted by molar-refractivity contribution is -0.385. The lowest BCUT2D eigenvalue weighted by Gasteiger charge is -2.22. The van der Waals surface area contributed by atoms with E-state index >= 15 is 0 Å². The Morgan fingerprint density at radius 2 is 2.18 bits per heavy atom. The molecule has 1 aromatic carbocycles. The molecule has 22 heavy (non-hydrogen) atoms. The van der Waals surface area contributed by atoms with E-state index in [4.69, 9.17) is 0 Å². The molecule has 2 aliphatic rings. The van der Waals surface area contributed by atoms with Crippen LogP contribution >= 0.6 is 12.4 Å². The molecule has 2 saturated heterocycles. The van der Waals surface area contributed by atoms with Gasteiger partial charge in [-0.1, -0.05) is 24.3 Å². The van der Waals surface area contributed by atoms with Crippen molar-refractivity contribution in [3.05, 3.63) is 46.0 Å². The van der Waals surface area contributed by atoms with E-state index < -0.39 is 0 Å². The van der Waals surface area contributed by atoms with E-state index in [0.29, 0.717) is 11.0 Å². The molecular formula is C16H22ClN3O2. The van der Waals surface area contributed by atoms with Gasteiger partial charge in [-0.15, -0.1) is 12.4 Å². The minimum absolute atomic E-state index is 0. The maximum atomic E-state index is 11.0. The van der Waals surface area contributed by atoms with Crippen LogP contribution < -0.4 is 5.32 Å². The predicted molar refractivity (Wildman–Crippen MR) is 90.4 cm³/mol. The first-order valence-electron chi connectivity index (χ1n) is 7.52. The number of hydrogen-bond acceptors (Lipinski definition) is 4. The number of rotatable bonds is 4. The SMILES string of the molecule is Cl.O=[N+]([O-])c1ccccc1/C=C/CN1CCC2(CCNC2)C1. The molecule has 0 aromatic heterocycles. The van der Waals surface area contributed by atoms with Gasteiger partial charge < -0.3 is 5.32 Å². The van der Waals surface area contributed by atoms with Crippen LogP contribution in [0.1, 0.15) is 18.4 Å². The summed E-state index contributed by atoms with van der Waals surface area (Å²) in [4.78, 5) is 13.1. The molecule has 0 bridgehead atoms. The van der Waals surface area contributed by atoms with Crippen molar-refractivity contribution in [3.63, 3.8) is 0 Å². The third-order valence-electron chi connectivity index (χ3n) is 4.64. The van der Waals surface area contributed by atoms with Crippen molar-refractivity contribution in [1.29, 1.82) is 0 Å². The summed E-state index contributed by atoms with van der Waals surface area (Å²) in [5.74, 6) is 0. The number of hydrogen-bond donors (Lipinski definition) is 1. The van der Waals surface area contributed by atoms with Gasteiger partial charge >= 0.3 is 0 Å². The van der Waals surface area contributed by atoms with Crippen molar-refractivity contribution >= 4 is 24.2 Å². The number of para-hydroxylation sites is 1. The highest BCUT2D eigenvalue weighted by Crippen LogP contribution is 2.35. The Morgan fingerprint density at radius 1 is 1.36 bits per heavy atom. The number of benzene rings is 1. The molecule has 120 valence electrons. The van der Waals surface area contributed by atoms with Crippen molar-refractivity contribution in [2.75, 3.05) is 32.7 Å². The second-order valence-electron chi connectivity index (χ2n) is 6.13. The maximum absolute atomic E-state index is 11.0. The fourth-order valence-corrected chi connectivity index (χ4v) is 3.45. The van der Waals surface area contributed by atoms with Crippen LogP contribution in [0.4, 0.5) is 5.69 Å². The normalized spacial score (nSPS) is 24.9. The van der Waals surface area contributed by atoms with Crippen molar-refractivity contribution in [1.82, 2.24) is 10.2 Å². The zero-order valence-corrected chi connectivity index (χ0v) is 13.3. The standard InChI is InChI=1S/C16H21N3O2.ClH/c20-19(21)15-6-2-1-4-14(15)5-3-10-18-11-8-16(13-18)7-9-17-12-16;/h1-6,17H,7-13H2;1H/b5-3+;. The van der Waals surface area contributed by atoms with E-state index in [9.17, 15) is 10.1 Å². The van der Waals surface area contributed by atoms with Crippen LogP contribution in [0.25, 0.3) is 6.08 Å². The molecule has 0 amide bonds. The Kier molecular flexibility index (Phi) is 5.56. The molecule has 0 saturated carbocycles. The van der Waals surface area contributed by atoms with E-state index in [0.717, 1.165) is 32.7 Å². The highest BCUT2D eigenvalue weighted by molar-refractivity contribution is 5.85. The molecule has 3 rings (SSSR count). The third-order valence-corrected chi connectivity index (χ3v) is 4.64. The molecule has 5 nitrogen and oxygen atoms in total. The van der Waals surface area contributed by atoms with Gasteiger partial charge in [0.15, 0.2) is 0 Å². The Bertz CT molecular complexity index is 556. The van der Waals surface area contributed by atoms with Crippen molar-refractivity contribution < 1.29 is 4.92 Å². The third kappa shape index (κ3) is 3.66. The molecular weight excluding hydrogens is 302 g/mol. The Balaban J connectivity index is 0.00000176. The van der Waals surface area contributed by atoms with Crippen LogP contribution in [-0.4, -0.2) is 42.5 Å². The first-order chi connectivity index (χ1) is 10.2. The molecule has 2 fully saturated rings. The second-order valence-corrected chi connectivity index (χ2v) is 6.13. The van der Waals surface area contributed by atoms with Gasteiger partial charge in [0.05, 0.1) is 10.5 Å². The lowest BCUT2D eigenvalue weighted by Crippen LogP contribution is -2.29. The maximum Gasteiger partial charge on any atom is 0.276 e. The molecule has 6 heteroatoms. The largest absolute Gasteiger partial charge is 0.316 e. The van der Waals surface area contributed by atoms with Gasteiger partial charge in [-0.05, 0) is 37.4 Å². The summed E-state index contributed by atoms with van der Waals surface area (Å²) in [6.07, 6.45) is 6.45. The number of likely N-dealkylation sites (tertiary alicyclic amines) is 1. The van der Waals surface area contributed by atoms with Gasteiger partial charge in [-0.3, -0.25) is 15.0 Å². The summed E-state index contributed by atoms with van der Waals surface area (Å²) in [7, 11) is 0. The summed E-state index contributed by atoms with van der Waals surface area (Å²) in [5.41, 5.74) is 1.33. The van der Waals surface area contributed by atoms with Crippen LogP contribution in [0.2, 0.25) is 0 Å². The molecule has 0 aliphatic carbocycles. The summed E-state index contributed by atoms with van der Waals surface area (Å²) in [5, 5.41) is 14.4. The van der Waals surface area contributed by atoms with Gasteiger partial charge in [0, 0.05) is 25.7 Å². The van der Waals surface area contributed by atoms with E-state index in [1.807, 2.05) is 18.2 Å². The summed E-state index contributed by atoms with van der Waals surface area (Å²) >= 11 is 0. The van der Waals surface area contributed by atoms with Gasteiger partial charge in [0.2, 0.25) is 0 Å². The summed E-state index contributed by atoms with van der Waals surface area (Å²) in [6.45, 7) is 5.41. The molecule has 2 heterocycles. The highest BCUT2D eigenvalue weighted by Gasteiger charge is 2.39. The van der Waals surface area contributed by atoms with E-state index in [2.05, 4.69) is 10.2 Å². The van der Waals surface area contributed by atoms with Crippen LogP contribution in [0.5, 0.6) is 0 Å². The summed E-state index contributed by atoms with van der Waals surface area (Å²) in [6, 6.07) is 6.88. The molecule has 1 aromatic rings. The van der Waals surface area contributed by atoms with Crippen molar-refractivity contribution in [2.24, 2.45) is 5.41 Å². The number of nitro benzene ring substituents is 1. The quantitative estimate of drug-likeness (QED) is 0.683. The fraction of sp³-hybridized carbons (Fsp3) is 0.500. The van der Waals surface area contributed by atoms with Crippen LogP contribution in [-0.2, 0) is 0 Å². The molecule has 1 spiro atoms. The predicted octanol–water partition coefficient (Wildman–Crippen LogP) is 2.72. The second kappa shape index (κ2) is 7.22. The minimum Gasteiger partial charge on any atom is -0.316 e. The number of nitro groups is 1. The van der Waals surface area contributed by atoms with Crippen LogP contribution in [0.3, 0.4) is 0 Å². The fourth-order valence-electron chi connectivity index (χ4n) is 3.45. The van der Waals surface area contributed by atoms with Crippen LogP contribution in [0.15, 0.2) is 30.3 Å². The Hall–Kier alpha value is -1.43. The zero-order valence-electron chi connectivity index (χ0n) is 12.5. The van der Waals surface area contributed by atoms with Crippen molar-refractivity contribution in [2.45, 2.75) is 12.8 Å². The number of nitrogens with one attached hydrogen (secondary N) is 1. The highest BCUT2D eigenvalue weighted by atomic mass is 35.5. The first-order valence-corrected chi connectivity index (χ1v) is 7.52. The topological polar surface area (TPSA) is 58.4 Å². The first kappa shape index (κ1) is 16.9. The zero-order chi connectivity index (χ0) is 14.7. The number of halogens is 1. The van der Waals surface area contributed by atoms with Gasteiger partial charge in [0.25, 0.3) is 5.69 Å². The average molecular weight is 324 g/mol. The molecule has 1 N–H and O–H groups in total. The molecule has 2 aliphatic heterocycles. The minimum atomic E-state index is -0.325. The molecule has 1 unspecified atom stereocenters. The average Bonchev–Trinajstić information content (AvgIpc) is 3.10. The van der Waals surface area contributed by atoms with E-state index in [-0.39, 0.29) is 23.0 Å². The lowest BCUT2D eigenvalue weighted by atomic mass is 9.87. The van der Waals surface area contributed by atoms with Gasteiger partial charge in [-0.2, -0.15) is 0 Å². The number of nitrogens with zero attached hydrogens (tertiary/aromatic N) is 2. The van der Waals surface area contributed by atoms with Crippen molar-refractivity contribution in [3.8, 4) is 0 Å². The molecule has 0 radical (unpaired) electrons. The van der Waals surface area contributed by atoms with E-state index in [1.54, 1.807) is 18.2 Å². The Labute approximate surface area is 136 Å². The Morgan fingerprint density at radius 3 is 2.91 bits per heavy atom. The smallest absolute Gasteiger partial charge is 0.276 e. The van der Waals surface area contributed by atoms with E-state index in [1.165, 1.54) is 12.8 Å². The van der Waals surface area contributed by atoms with Gasteiger partial charge in [0.1, 0.15) is 0 Å². The van der Waals surface area contributed by atoms with Crippen LogP contribution in [0, 0.1) is 15.5 Å². The van der Waals surface area contributed by atoms with Gasteiger partial charge in [-0.25, -0.2) is 0 Å².